The molecule has 0 amide bonds. The minimum Gasteiger partial charge on any atom is -0.449 e. The molecule has 1 unspecified atom stereocenters. The lowest BCUT2D eigenvalue weighted by Crippen LogP contribution is -2.44. The van der Waals surface area contributed by atoms with Crippen LogP contribution in [-0.2, 0) is 21.6 Å². The molecular weight excluding hydrogens is 824 g/mol. The van der Waals surface area contributed by atoms with Crippen LogP contribution < -0.4 is 0 Å². The molecule has 1 aliphatic heterocycles. The largest absolute Gasteiger partial charge is 0.449 e. The average Bonchev–Trinajstić information content (AvgIpc) is 3.86. The molecule has 1 aliphatic rings. The van der Waals surface area contributed by atoms with Crippen LogP contribution in [0.25, 0.3) is 22.5 Å². The molecule has 1 atom stereocenters. The molecule has 0 aliphatic carbocycles. The predicted molar refractivity (Wildman–Crippen MR) is 259 cm³/mol. The van der Waals surface area contributed by atoms with E-state index in [1.54, 1.807) is 0 Å². The van der Waals surface area contributed by atoms with Crippen molar-refractivity contribution in [3.05, 3.63) is 244 Å². The highest BCUT2D eigenvalue weighted by Crippen LogP contribution is 2.43. The van der Waals surface area contributed by atoms with Crippen molar-refractivity contribution in [2.75, 3.05) is 0 Å². The number of rotatable bonds is 15. The third-order valence-electron chi connectivity index (χ3n) is 12.2. The van der Waals surface area contributed by atoms with E-state index >= 15 is 0 Å². The standard InChI is InChI=1S/C56H49ClN6O2/c1-3-4-34-50-58-53(57)51(55(64)65-52(43-22-10-5-11-23-43)44-24-12-6-13-25-44)40(2)62(50)39-41-35-37-42(38-36-41)48-32-20-21-33-49(48)54-59-60-61-63(54)56(45-26-14-7-15-27-45,46-28-16-8-17-29-46)47-30-18-9-19-31-47/h5-33,35-38,40,52H,3-4,34,39H2,1-2H3. The Morgan fingerprint density at radius 3 is 1.68 bits per heavy atom. The Balaban J connectivity index is 1.04. The normalized spacial score (nSPS) is 14.1. The summed E-state index contributed by atoms with van der Waals surface area (Å²) >= 11 is 6.93. The molecule has 8 nitrogen and oxygen atoms in total. The lowest BCUT2D eigenvalue weighted by atomic mass is 9.77. The van der Waals surface area contributed by atoms with Crippen LogP contribution in [0.1, 0.15) is 72.6 Å². The van der Waals surface area contributed by atoms with Crippen LogP contribution in [0.15, 0.2) is 216 Å². The topological polar surface area (TPSA) is 85.5 Å². The first kappa shape index (κ1) is 42.9. The lowest BCUT2D eigenvalue weighted by molar-refractivity contribution is -0.143. The van der Waals surface area contributed by atoms with Gasteiger partial charge in [0.05, 0.1) is 11.6 Å². The fourth-order valence-electron chi connectivity index (χ4n) is 8.96. The second-order valence-corrected chi connectivity index (χ2v) is 16.6. The molecule has 2 heterocycles. The van der Waals surface area contributed by atoms with Gasteiger partial charge in [-0.1, -0.05) is 225 Å². The molecule has 9 rings (SSSR count). The quantitative estimate of drug-likeness (QED) is 0.0579. The van der Waals surface area contributed by atoms with E-state index in [1.165, 1.54) is 0 Å². The molecule has 8 aromatic rings. The zero-order valence-electron chi connectivity index (χ0n) is 36.4. The Kier molecular flexibility index (Phi) is 12.9. The highest BCUT2D eigenvalue weighted by Gasteiger charge is 2.42. The summed E-state index contributed by atoms with van der Waals surface area (Å²) in [7, 11) is 0. The fourth-order valence-corrected chi connectivity index (χ4v) is 9.30. The number of nitrogens with zero attached hydrogens (tertiary/aromatic N) is 6. The number of aromatic nitrogens is 4. The van der Waals surface area contributed by atoms with E-state index in [-0.39, 0.29) is 5.16 Å². The zero-order valence-corrected chi connectivity index (χ0v) is 37.2. The van der Waals surface area contributed by atoms with Gasteiger partial charge in [0.15, 0.2) is 11.9 Å². The molecule has 1 aromatic heterocycles. The smallest absolute Gasteiger partial charge is 0.340 e. The zero-order chi connectivity index (χ0) is 44.6. The van der Waals surface area contributed by atoms with E-state index in [4.69, 9.17) is 31.6 Å². The monoisotopic (exact) mass is 872 g/mol. The number of hydrogen-bond acceptors (Lipinski definition) is 7. The molecule has 0 spiro atoms. The number of carbonyl (C=O) groups is 1. The van der Waals surface area contributed by atoms with Gasteiger partial charge in [0, 0.05) is 18.5 Å². The van der Waals surface area contributed by atoms with Gasteiger partial charge < -0.3 is 9.64 Å². The summed E-state index contributed by atoms with van der Waals surface area (Å²) in [6.45, 7) is 4.68. The van der Waals surface area contributed by atoms with Gasteiger partial charge in [0.25, 0.3) is 0 Å². The van der Waals surface area contributed by atoms with Crippen molar-refractivity contribution in [2.24, 2.45) is 4.99 Å². The van der Waals surface area contributed by atoms with Gasteiger partial charge in [-0.15, -0.1) is 5.10 Å². The number of ether oxygens (including phenoxy) is 1. The van der Waals surface area contributed by atoms with E-state index in [1.807, 2.05) is 103 Å². The van der Waals surface area contributed by atoms with Crippen molar-refractivity contribution in [2.45, 2.75) is 57.3 Å². The number of halogens is 1. The Labute approximate surface area is 385 Å². The van der Waals surface area contributed by atoms with E-state index in [9.17, 15) is 4.79 Å². The summed E-state index contributed by atoms with van der Waals surface area (Å²) in [4.78, 5) is 21.3. The van der Waals surface area contributed by atoms with E-state index in [0.29, 0.717) is 17.9 Å². The van der Waals surface area contributed by atoms with Crippen molar-refractivity contribution in [3.8, 4) is 22.5 Å². The van der Waals surface area contributed by atoms with Gasteiger partial charge in [-0.3, -0.25) is 0 Å². The van der Waals surface area contributed by atoms with Crippen LogP contribution in [0.3, 0.4) is 0 Å². The second-order valence-electron chi connectivity index (χ2n) is 16.2. The molecule has 7 aromatic carbocycles. The third-order valence-corrected chi connectivity index (χ3v) is 12.5. The number of tetrazole rings is 1. The number of carbonyl (C=O) groups excluding carboxylic acids is 1. The van der Waals surface area contributed by atoms with Crippen molar-refractivity contribution in [1.82, 2.24) is 25.1 Å². The number of hydrogen-bond donors (Lipinski definition) is 0. The van der Waals surface area contributed by atoms with E-state index in [2.05, 4.69) is 126 Å². The average molecular weight is 874 g/mol. The molecule has 0 saturated heterocycles. The molecule has 322 valence electrons. The van der Waals surface area contributed by atoms with Crippen LogP contribution in [0, 0.1) is 0 Å². The van der Waals surface area contributed by atoms with Crippen LogP contribution >= 0.6 is 11.6 Å². The molecule has 9 heteroatoms. The first-order chi connectivity index (χ1) is 32.0. The van der Waals surface area contributed by atoms with Gasteiger partial charge in [0.2, 0.25) is 0 Å². The molecule has 0 saturated carbocycles. The molecule has 0 N–H and O–H groups in total. The number of esters is 1. The maximum atomic E-state index is 14.3. The molecule has 0 bridgehead atoms. The van der Waals surface area contributed by atoms with Gasteiger partial charge in [0.1, 0.15) is 16.5 Å². The molecule has 65 heavy (non-hydrogen) atoms. The maximum Gasteiger partial charge on any atom is 0.340 e. The summed E-state index contributed by atoms with van der Waals surface area (Å²) < 4.78 is 8.31. The fraction of sp³-hybridized carbons (Fsp3) is 0.161. The van der Waals surface area contributed by atoms with Crippen LogP contribution in [0.2, 0.25) is 0 Å². The minimum absolute atomic E-state index is 0.176. The second kappa shape index (κ2) is 19.5. The lowest BCUT2D eigenvalue weighted by Gasteiger charge is -2.36. The Bertz CT molecular complexity index is 2770. The minimum atomic E-state index is -0.894. The highest BCUT2D eigenvalue weighted by atomic mass is 35.5. The number of amidine groups is 1. The Morgan fingerprint density at radius 2 is 1.15 bits per heavy atom. The summed E-state index contributed by atoms with van der Waals surface area (Å²) in [5, 5.41) is 14.1. The third kappa shape index (κ3) is 8.65. The van der Waals surface area contributed by atoms with Gasteiger partial charge in [-0.2, -0.15) is 0 Å². The Hall–Kier alpha value is -7.42. The SMILES string of the molecule is CCCCC1=NC(Cl)=C(C(=O)OC(c2ccccc2)c2ccccc2)C(C)N1Cc1ccc(-c2ccccc2-c2nnnn2C(c2ccccc2)(c2ccccc2)c2ccccc2)cc1. The van der Waals surface area contributed by atoms with Crippen LogP contribution in [-0.4, -0.2) is 43.0 Å². The summed E-state index contributed by atoms with van der Waals surface area (Å²) in [6, 6.07) is 67.3. The van der Waals surface area contributed by atoms with E-state index < -0.39 is 23.7 Å². The first-order valence-corrected chi connectivity index (χ1v) is 22.5. The first-order valence-electron chi connectivity index (χ1n) is 22.2. The van der Waals surface area contributed by atoms with Crippen molar-refractivity contribution in [3.63, 3.8) is 0 Å². The number of unbranched alkanes of at least 4 members (excludes halogenated alkanes) is 1. The number of aliphatic imine (C=N–C) groups is 1. The van der Waals surface area contributed by atoms with Crippen LogP contribution in [0.4, 0.5) is 0 Å². The number of benzene rings is 7. The molecule has 0 radical (unpaired) electrons. The van der Waals surface area contributed by atoms with Crippen LogP contribution in [0.5, 0.6) is 0 Å². The predicted octanol–water partition coefficient (Wildman–Crippen LogP) is 12.4. The van der Waals surface area contributed by atoms with Crippen molar-refractivity contribution in [1.29, 1.82) is 0 Å². The van der Waals surface area contributed by atoms with Crippen molar-refractivity contribution >= 4 is 23.4 Å². The Morgan fingerprint density at radius 1 is 0.662 bits per heavy atom. The van der Waals surface area contributed by atoms with Gasteiger partial charge in [-0.25, -0.2) is 14.5 Å². The highest BCUT2D eigenvalue weighted by molar-refractivity contribution is 6.32. The van der Waals surface area contributed by atoms with Gasteiger partial charge >= 0.3 is 5.97 Å². The molecule has 0 fully saturated rings. The van der Waals surface area contributed by atoms with Crippen molar-refractivity contribution < 1.29 is 9.53 Å². The summed E-state index contributed by atoms with van der Waals surface area (Å²) in [6.07, 6.45) is 2.05. The molecular formula is C56H49ClN6O2. The summed E-state index contributed by atoms with van der Waals surface area (Å²) in [5.74, 6) is 0.988. The van der Waals surface area contributed by atoms with Gasteiger partial charge in [-0.05, 0) is 68.3 Å². The van der Waals surface area contributed by atoms with E-state index in [0.717, 1.165) is 75.2 Å². The maximum absolute atomic E-state index is 14.3. The summed E-state index contributed by atoms with van der Waals surface area (Å²) in [5.41, 5.74) is 8.22.